The number of benzene rings is 1. The number of nitrogens with one attached hydrogen (secondary N) is 2. The molecule has 0 radical (unpaired) electrons. The van der Waals surface area contributed by atoms with Gasteiger partial charge in [-0.05, 0) is 43.3 Å². The topological polar surface area (TPSA) is 72.3 Å². The summed E-state index contributed by atoms with van der Waals surface area (Å²) in [5.74, 6) is 3.33. The van der Waals surface area contributed by atoms with Crippen LogP contribution in [0.2, 0.25) is 0 Å². The minimum atomic E-state index is 0.583. The zero-order chi connectivity index (χ0) is 16.8. The average molecular weight is 327 g/mol. The number of nitrogens with zero attached hydrogens (tertiary/aromatic N) is 1. The first-order chi connectivity index (χ1) is 11.8. The Kier molecular flexibility index (Phi) is 5.18. The first kappa shape index (κ1) is 16.1. The van der Waals surface area contributed by atoms with E-state index < -0.39 is 0 Å². The molecule has 1 aromatic carbocycles. The van der Waals surface area contributed by atoms with E-state index in [1.54, 1.807) is 7.11 Å². The van der Waals surface area contributed by atoms with Crippen LogP contribution in [-0.4, -0.2) is 30.5 Å². The number of furan rings is 1. The van der Waals surface area contributed by atoms with Crippen LogP contribution >= 0.6 is 0 Å². The van der Waals surface area contributed by atoms with Crippen LogP contribution < -0.4 is 14.8 Å². The second kappa shape index (κ2) is 7.70. The fraction of sp³-hybridized carbons (Fsp3) is 0.278. The van der Waals surface area contributed by atoms with Crippen molar-refractivity contribution >= 4 is 0 Å². The SMILES string of the molecule is COc1ccc(OCCNCc2cn[nH]c2-c2ccc(C)o2)cc1. The molecule has 0 spiro atoms. The molecule has 0 aliphatic rings. The highest BCUT2D eigenvalue weighted by Gasteiger charge is 2.10. The van der Waals surface area contributed by atoms with Gasteiger partial charge >= 0.3 is 0 Å². The van der Waals surface area contributed by atoms with Crippen molar-refractivity contribution < 1.29 is 13.9 Å². The van der Waals surface area contributed by atoms with Gasteiger partial charge in [0.15, 0.2) is 5.76 Å². The fourth-order valence-corrected chi connectivity index (χ4v) is 2.36. The Bertz CT molecular complexity index is 762. The molecule has 6 nitrogen and oxygen atoms in total. The first-order valence-electron chi connectivity index (χ1n) is 7.83. The molecule has 0 aliphatic heterocycles. The summed E-state index contributed by atoms with van der Waals surface area (Å²) in [5.41, 5.74) is 1.97. The third-order valence-corrected chi connectivity index (χ3v) is 3.63. The minimum Gasteiger partial charge on any atom is -0.497 e. The quantitative estimate of drug-likeness (QED) is 0.622. The average Bonchev–Trinajstić information content (AvgIpc) is 3.23. The predicted octanol–water partition coefficient (Wildman–Crippen LogP) is 3.16. The Labute approximate surface area is 140 Å². The normalized spacial score (nSPS) is 10.8. The number of aromatic amines is 1. The molecule has 0 atom stereocenters. The molecule has 0 bridgehead atoms. The van der Waals surface area contributed by atoms with Crippen LogP contribution in [0.3, 0.4) is 0 Å². The number of H-pyrrole nitrogens is 1. The number of hydrogen-bond acceptors (Lipinski definition) is 5. The van der Waals surface area contributed by atoms with Crippen molar-refractivity contribution in [3.63, 3.8) is 0 Å². The Morgan fingerprint density at radius 3 is 2.62 bits per heavy atom. The molecule has 6 heteroatoms. The smallest absolute Gasteiger partial charge is 0.152 e. The summed E-state index contributed by atoms with van der Waals surface area (Å²) in [7, 11) is 1.65. The van der Waals surface area contributed by atoms with E-state index in [0.29, 0.717) is 13.2 Å². The van der Waals surface area contributed by atoms with Gasteiger partial charge in [-0.25, -0.2) is 0 Å². The molecular formula is C18H21N3O3. The van der Waals surface area contributed by atoms with Crippen LogP contribution in [0.25, 0.3) is 11.5 Å². The zero-order valence-electron chi connectivity index (χ0n) is 13.8. The molecule has 3 rings (SSSR count). The van der Waals surface area contributed by atoms with E-state index in [-0.39, 0.29) is 0 Å². The Morgan fingerprint density at radius 1 is 1.12 bits per heavy atom. The van der Waals surface area contributed by atoms with Gasteiger partial charge in [0.05, 0.1) is 13.3 Å². The molecule has 0 aliphatic carbocycles. The number of methoxy groups -OCH3 is 1. The molecule has 0 saturated heterocycles. The number of rotatable bonds is 8. The third kappa shape index (κ3) is 3.97. The molecule has 0 fully saturated rings. The van der Waals surface area contributed by atoms with Crippen molar-refractivity contribution in [3.05, 3.63) is 53.9 Å². The molecule has 0 amide bonds. The van der Waals surface area contributed by atoms with Crippen LogP contribution in [0.5, 0.6) is 11.5 Å². The molecule has 3 aromatic rings. The van der Waals surface area contributed by atoms with Crippen LogP contribution in [0.1, 0.15) is 11.3 Å². The van der Waals surface area contributed by atoms with E-state index in [1.165, 1.54) is 0 Å². The zero-order valence-corrected chi connectivity index (χ0v) is 13.8. The lowest BCUT2D eigenvalue weighted by molar-refractivity contribution is 0.313. The van der Waals surface area contributed by atoms with Crippen LogP contribution in [-0.2, 0) is 6.54 Å². The highest BCUT2D eigenvalue weighted by atomic mass is 16.5. The summed E-state index contributed by atoms with van der Waals surface area (Å²) in [6.45, 7) is 3.93. The second-order valence-corrected chi connectivity index (χ2v) is 5.38. The van der Waals surface area contributed by atoms with Crippen molar-refractivity contribution in [2.75, 3.05) is 20.3 Å². The molecule has 0 saturated carbocycles. The minimum absolute atomic E-state index is 0.583. The van der Waals surface area contributed by atoms with E-state index in [0.717, 1.165) is 40.8 Å². The van der Waals surface area contributed by atoms with E-state index in [9.17, 15) is 0 Å². The van der Waals surface area contributed by atoms with Crippen molar-refractivity contribution in [1.29, 1.82) is 0 Å². The van der Waals surface area contributed by atoms with Gasteiger partial charge < -0.3 is 19.2 Å². The molecule has 126 valence electrons. The maximum Gasteiger partial charge on any atom is 0.152 e. The molecule has 24 heavy (non-hydrogen) atoms. The summed E-state index contributed by atoms with van der Waals surface area (Å²) in [6, 6.07) is 11.4. The maximum absolute atomic E-state index is 5.68. The van der Waals surface area contributed by atoms with Crippen LogP contribution in [0.4, 0.5) is 0 Å². The largest absolute Gasteiger partial charge is 0.497 e. The maximum atomic E-state index is 5.68. The van der Waals surface area contributed by atoms with Gasteiger partial charge in [0.2, 0.25) is 0 Å². The van der Waals surface area contributed by atoms with Gasteiger partial charge in [-0.15, -0.1) is 0 Å². The Hall–Kier alpha value is -2.73. The summed E-state index contributed by atoms with van der Waals surface area (Å²) in [6.07, 6.45) is 1.81. The van der Waals surface area contributed by atoms with Crippen LogP contribution in [0.15, 0.2) is 47.0 Å². The van der Waals surface area contributed by atoms with Gasteiger partial charge in [0.1, 0.15) is 29.6 Å². The van der Waals surface area contributed by atoms with E-state index in [2.05, 4.69) is 15.5 Å². The third-order valence-electron chi connectivity index (χ3n) is 3.63. The molecule has 2 heterocycles. The Balaban J connectivity index is 1.44. The number of aryl methyl sites for hydroxylation is 1. The lowest BCUT2D eigenvalue weighted by Gasteiger charge is -2.08. The van der Waals surface area contributed by atoms with Crippen molar-refractivity contribution in [2.24, 2.45) is 0 Å². The Morgan fingerprint density at radius 2 is 1.92 bits per heavy atom. The highest BCUT2D eigenvalue weighted by molar-refractivity contribution is 5.56. The second-order valence-electron chi connectivity index (χ2n) is 5.38. The molecular weight excluding hydrogens is 306 g/mol. The van der Waals surface area contributed by atoms with E-state index in [1.807, 2.05) is 49.5 Å². The molecule has 2 aromatic heterocycles. The molecule has 0 unspecified atom stereocenters. The summed E-state index contributed by atoms with van der Waals surface area (Å²) in [4.78, 5) is 0. The molecule has 2 N–H and O–H groups in total. The number of ether oxygens (including phenoxy) is 2. The van der Waals surface area contributed by atoms with Gasteiger partial charge in [0.25, 0.3) is 0 Å². The van der Waals surface area contributed by atoms with E-state index >= 15 is 0 Å². The monoisotopic (exact) mass is 327 g/mol. The highest BCUT2D eigenvalue weighted by Crippen LogP contribution is 2.23. The summed E-state index contributed by atoms with van der Waals surface area (Å²) >= 11 is 0. The fourth-order valence-electron chi connectivity index (χ4n) is 2.36. The number of hydrogen-bond donors (Lipinski definition) is 2. The van der Waals surface area contributed by atoms with Gasteiger partial charge in [-0.2, -0.15) is 5.10 Å². The van der Waals surface area contributed by atoms with Crippen molar-refractivity contribution in [3.8, 4) is 23.0 Å². The van der Waals surface area contributed by atoms with Gasteiger partial charge in [0, 0.05) is 18.7 Å². The lowest BCUT2D eigenvalue weighted by atomic mass is 10.2. The predicted molar refractivity (Wildman–Crippen MR) is 91.2 cm³/mol. The lowest BCUT2D eigenvalue weighted by Crippen LogP contribution is -2.20. The summed E-state index contributed by atoms with van der Waals surface area (Å²) < 4.78 is 16.4. The standard InChI is InChI=1S/C18H21N3O3/c1-13-3-8-17(24-13)18-14(12-20-21-18)11-19-9-10-23-16-6-4-15(22-2)5-7-16/h3-8,12,19H,9-11H2,1-2H3,(H,20,21). The van der Waals surface area contributed by atoms with Gasteiger partial charge in [-0.1, -0.05) is 0 Å². The summed E-state index contributed by atoms with van der Waals surface area (Å²) in [5, 5.41) is 10.4. The van der Waals surface area contributed by atoms with Crippen LogP contribution in [0, 0.1) is 6.92 Å². The first-order valence-corrected chi connectivity index (χ1v) is 7.83. The number of aromatic nitrogens is 2. The van der Waals surface area contributed by atoms with Crippen molar-refractivity contribution in [1.82, 2.24) is 15.5 Å². The van der Waals surface area contributed by atoms with Gasteiger partial charge in [-0.3, -0.25) is 5.10 Å². The van der Waals surface area contributed by atoms with E-state index in [4.69, 9.17) is 13.9 Å². The van der Waals surface area contributed by atoms with Crippen molar-refractivity contribution in [2.45, 2.75) is 13.5 Å².